The van der Waals surface area contributed by atoms with Gasteiger partial charge < -0.3 is 10.3 Å². The van der Waals surface area contributed by atoms with E-state index in [0.717, 1.165) is 13.1 Å². The van der Waals surface area contributed by atoms with Crippen molar-refractivity contribution in [3.63, 3.8) is 0 Å². The largest absolute Gasteiger partial charge is 0.370 e. The van der Waals surface area contributed by atoms with Crippen molar-refractivity contribution in [3.05, 3.63) is 18.3 Å². The third-order valence-corrected chi connectivity index (χ3v) is 2.87. The lowest BCUT2D eigenvalue weighted by molar-refractivity contribution is 0.726. The van der Waals surface area contributed by atoms with Crippen LogP contribution in [0.1, 0.15) is 25.7 Å². The molecule has 2 rings (SSSR count). The zero-order valence-electron chi connectivity index (χ0n) is 8.95. The van der Waals surface area contributed by atoms with Crippen molar-refractivity contribution in [3.8, 4) is 0 Å². The summed E-state index contributed by atoms with van der Waals surface area (Å²) in [6, 6.07) is 3.99. The molecule has 0 amide bonds. The van der Waals surface area contributed by atoms with Gasteiger partial charge in [-0.2, -0.15) is 0 Å². The van der Waals surface area contributed by atoms with Crippen LogP contribution < -0.4 is 16.2 Å². The molecular formula is C11H18N4. The van der Waals surface area contributed by atoms with Crippen LogP contribution in [-0.2, 0) is 0 Å². The van der Waals surface area contributed by atoms with Crippen molar-refractivity contribution < 1.29 is 0 Å². The Morgan fingerprint density at radius 3 is 2.40 bits per heavy atom. The van der Waals surface area contributed by atoms with Gasteiger partial charge in [-0.1, -0.05) is 12.8 Å². The molecule has 0 atom stereocenters. The lowest BCUT2D eigenvalue weighted by Crippen LogP contribution is -2.24. The van der Waals surface area contributed by atoms with E-state index in [1.54, 1.807) is 0 Å². The van der Waals surface area contributed by atoms with Crippen molar-refractivity contribution in [1.82, 2.24) is 4.98 Å². The fraction of sp³-hybridized carbons (Fsp3) is 0.545. The summed E-state index contributed by atoms with van der Waals surface area (Å²) in [5.74, 6) is 5.99. The molecule has 1 aliphatic rings. The van der Waals surface area contributed by atoms with Crippen molar-refractivity contribution in [2.75, 3.05) is 23.4 Å². The van der Waals surface area contributed by atoms with Crippen LogP contribution in [0.15, 0.2) is 18.3 Å². The van der Waals surface area contributed by atoms with Crippen molar-refractivity contribution in [2.24, 2.45) is 5.84 Å². The number of pyridine rings is 1. The van der Waals surface area contributed by atoms with Crippen molar-refractivity contribution >= 4 is 11.5 Å². The van der Waals surface area contributed by atoms with E-state index in [2.05, 4.69) is 21.4 Å². The number of nitrogen functional groups attached to an aromatic ring is 1. The van der Waals surface area contributed by atoms with Crippen LogP contribution in [-0.4, -0.2) is 18.1 Å². The first kappa shape index (κ1) is 10.2. The second-order valence-corrected chi connectivity index (χ2v) is 3.95. The Balaban J connectivity index is 2.06. The Bertz CT molecular complexity index is 288. The van der Waals surface area contributed by atoms with E-state index >= 15 is 0 Å². The number of hydrogen-bond donors (Lipinski definition) is 2. The molecular weight excluding hydrogens is 188 g/mol. The Hall–Kier alpha value is -1.29. The molecule has 0 radical (unpaired) electrons. The van der Waals surface area contributed by atoms with E-state index in [1.165, 1.54) is 31.4 Å². The Morgan fingerprint density at radius 2 is 1.87 bits per heavy atom. The summed E-state index contributed by atoms with van der Waals surface area (Å²) >= 11 is 0. The van der Waals surface area contributed by atoms with E-state index in [0.29, 0.717) is 5.82 Å². The summed E-state index contributed by atoms with van der Waals surface area (Å²) in [5.41, 5.74) is 3.74. The molecule has 0 aromatic carbocycles. The first-order chi connectivity index (χ1) is 7.40. The SMILES string of the molecule is NNc1ccc(N2CCCCCC2)cn1. The summed E-state index contributed by atoms with van der Waals surface area (Å²) in [7, 11) is 0. The second kappa shape index (κ2) is 4.98. The van der Waals surface area contributed by atoms with E-state index in [9.17, 15) is 0 Å². The van der Waals surface area contributed by atoms with E-state index < -0.39 is 0 Å². The van der Waals surface area contributed by atoms with E-state index in [1.807, 2.05) is 12.3 Å². The van der Waals surface area contributed by atoms with Gasteiger partial charge in [0.05, 0.1) is 11.9 Å². The van der Waals surface area contributed by atoms with Crippen LogP contribution in [0.4, 0.5) is 11.5 Å². The number of rotatable bonds is 2. The van der Waals surface area contributed by atoms with Crippen LogP contribution in [0.2, 0.25) is 0 Å². The molecule has 1 aromatic heterocycles. The molecule has 0 bridgehead atoms. The molecule has 3 N–H and O–H groups in total. The lowest BCUT2D eigenvalue weighted by atomic mass is 10.2. The predicted molar refractivity (Wildman–Crippen MR) is 62.7 cm³/mol. The predicted octanol–water partition coefficient (Wildman–Crippen LogP) is 1.75. The van der Waals surface area contributed by atoms with Crippen LogP contribution in [0.5, 0.6) is 0 Å². The molecule has 1 saturated heterocycles. The van der Waals surface area contributed by atoms with E-state index in [-0.39, 0.29) is 0 Å². The lowest BCUT2D eigenvalue weighted by Gasteiger charge is -2.22. The van der Waals surface area contributed by atoms with Gasteiger partial charge in [0.25, 0.3) is 0 Å². The van der Waals surface area contributed by atoms with Gasteiger partial charge in [-0.3, -0.25) is 0 Å². The van der Waals surface area contributed by atoms with Gasteiger partial charge in [0.15, 0.2) is 0 Å². The van der Waals surface area contributed by atoms with Crippen molar-refractivity contribution in [2.45, 2.75) is 25.7 Å². The van der Waals surface area contributed by atoms with Gasteiger partial charge in [0.1, 0.15) is 5.82 Å². The number of hydrogen-bond acceptors (Lipinski definition) is 4. The summed E-state index contributed by atoms with van der Waals surface area (Å²) in [6.07, 6.45) is 7.17. The minimum Gasteiger partial charge on any atom is -0.370 e. The quantitative estimate of drug-likeness (QED) is 0.572. The summed E-state index contributed by atoms with van der Waals surface area (Å²) in [4.78, 5) is 6.63. The number of nitrogens with two attached hydrogens (primary N) is 1. The average Bonchev–Trinajstić information content (AvgIpc) is 2.58. The summed E-state index contributed by atoms with van der Waals surface area (Å²) < 4.78 is 0. The normalized spacial score (nSPS) is 17.3. The van der Waals surface area contributed by atoms with Crippen LogP contribution in [0, 0.1) is 0 Å². The number of nitrogens with zero attached hydrogens (tertiary/aromatic N) is 2. The molecule has 0 saturated carbocycles. The molecule has 1 aromatic rings. The summed E-state index contributed by atoms with van der Waals surface area (Å²) in [5, 5.41) is 0. The topological polar surface area (TPSA) is 54.2 Å². The number of aromatic nitrogens is 1. The minimum atomic E-state index is 0.716. The van der Waals surface area contributed by atoms with Crippen LogP contribution in [0.3, 0.4) is 0 Å². The van der Waals surface area contributed by atoms with E-state index in [4.69, 9.17) is 5.84 Å². The monoisotopic (exact) mass is 206 g/mol. The summed E-state index contributed by atoms with van der Waals surface area (Å²) in [6.45, 7) is 2.30. The molecule has 4 heteroatoms. The Kier molecular flexibility index (Phi) is 3.40. The van der Waals surface area contributed by atoms with Crippen molar-refractivity contribution in [1.29, 1.82) is 0 Å². The molecule has 0 spiro atoms. The highest BCUT2D eigenvalue weighted by Gasteiger charge is 2.09. The third-order valence-electron chi connectivity index (χ3n) is 2.87. The maximum absolute atomic E-state index is 5.28. The van der Waals surface area contributed by atoms with Gasteiger partial charge in [-0.25, -0.2) is 10.8 Å². The maximum Gasteiger partial charge on any atom is 0.140 e. The molecule has 1 fully saturated rings. The number of anilines is 2. The average molecular weight is 206 g/mol. The minimum absolute atomic E-state index is 0.716. The highest BCUT2D eigenvalue weighted by Crippen LogP contribution is 2.19. The van der Waals surface area contributed by atoms with Gasteiger partial charge in [-0.15, -0.1) is 0 Å². The molecule has 82 valence electrons. The zero-order valence-corrected chi connectivity index (χ0v) is 8.95. The second-order valence-electron chi connectivity index (χ2n) is 3.95. The first-order valence-electron chi connectivity index (χ1n) is 5.58. The molecule has 0 aliphatic carbocycles. The first-order valence-corrected chi connectivity index (χ1v) is 5.58. The number of nitrogens with one attached hydrogen (secondary N) is 1. The molecule has 1 aliphatic heterocycles. The van der Waals surface area contributed by atoms with Gasteiger partial charge >= 0.3 is 0 Å². The van der Waals surface area contributed by atoms with Crippen LogP contribution >= 0.6 is 0 Å². The highest BCUT2D eigenvalue weighted by atomic mass is 15.2. The Labute approximate surface area is 90.5 Å². The third kappa shape index (κ3) is 2.59. The molecule has 15 heavy (non-hydrogen) atoms. The molecule has 2 heterocycles. The molecule has 4 nitrogen and oxygen atoms in total. The number of hydrazine groups is 1. The van der Waals surface area contributed by atoms with Gasteiger partial charge in [-0.05, 0) is 25.0 Å². The van der Waals surface area contributed by atoms with Gasteiger partial charge in [0, 0.05) is 13.1 Å². The fourth-order valence-corrected chi connectivity index (χ4v) is 1.99. The standard InChI is InChI=1S/C11H18N4/c12-14-11-6-5-10(9-13-11)15-7-3-1-2-4-8-15/h5-6,9H,1-4,7-8,12H2,(H,13,14). The fourth-order valence-electron chi connectivity index (χ4n) is 1.99. The molecule has 0 unspecified atom stereocenters. The smallest absolute Gasteiger partial charge is 0.140 e. The Morgan fingerprint density at radius 1 is 1.13 bits per heavy atom. The van der Waals surface area contributed by atoms with Crippen LogP contribution in [0.25, 0.3) is 0 Å². The zero-order chi connectivity index (χ0) is 10.5. The maximum atomic E-state index is 5.28. The van der Waals surface area contributed by atoms with Gasteiger partial charge in [0.2, 0.25) is 0 Å². The highest BCUT2D eigenvalue weighted by molar-refractivity contribution is 5.49.